The summed E-state index contributed by atoms with van der Waals surface area (Å²) in [6, 6.07) is 0. The van der Waals surface area contributed by atoms with Crippen LogP contribution in [-0.2, 0) is 28.6 Å². The van der Waals surface area contributed by atoms with E-state index in [0.29, 0.717) is 19.3 Å². The summed E-state index contributed by atoms with van der Waals surface area (Å²) in [5, 5.41) is 0. The molecule has 1 unspecified atom stereocenters. The SMILES string of the molecule is CCCCCCC\C=C/C=C\C=C/CCCCCCCC(=O)OCC(COC(=O)CCCCCCCCCCCCCCCCCC)OC(=O)CCCCC/C=C\C=C/CCCCCCCCC. The van der Waals surface area contributed by atoms with E-state index in [-0.39, 0.29) is 31.1 Å². The lowest BCUT2D eigenvalue weighted by Crippen LogP contribution is -2.30. The minimum atomic E-state index is -0.795. The lowest BCUT2D eigenvalue weighted by Gasteiger charge is -2.18. The number of esters is 3. The summed E-state index contributed by atoms with van der Waals surface area (Å²) in [5.74, 6) is -0.923. The van der Waals surface area contributed by atoms with Gasteiger partial charge in [-0.25, -0.2) is 0 Å². The lowest BCUT2D eigenvalue weighted by molar-refractivity contribution is -0.167. The molecule has 0 saturated heterocycles. The number of unbranched alkanes of at least 4 members (excludes halogenated alkanes) is 35. The zero-order chi connectivity index (χ0) is 49.3. The molecule has 0 aromatic carbocycles. The minimum absolute atomic E-state index is 0.0892. The fourth-order valence-corrected chi connectivity index (χ4v) is 8.38. The molecule has 68 heavy (non-hydrogen) atoms. The van der Waals surface area contributed by atoms with E-state index in [1.54, 1.807) is 0 Å². The zero-order valence-electron chi connectivity index (χ0n) is 45.1. The van der Waals surface area contributed by atoms with E-state index in [4.69, 9.17) is 14.2 Å². The number of allylic oxidation sites excluding steroid dienone is 10. The molecule has 0 aromatic heterocycles. The Morgan fingerprint density at radius 3 is 0.838 bits per heavy atom. The van der Waals surface area contributed by atoms with Gasteiger partial charge in [-0.2, -0.15) is 0 Å². The Hall–Kier alpha value is -2.89. The van der Waals surface area contributed by atoms with Gasteiger partial charge in [-0.1, -0.05) is 268 Å². The second-order valence-corrected chi connectivity index (χ2v) is 19.6. The third-order valence-electron chi connectivity index (χ3n) is 12.8. The molecule has 0 aliphatic rings. The van der Waals surface area contributed by atoms with Gasteiger partial charge in [0.05, 0.1) is 0 Å². The summed E-state index contributed by atoms with van der Waals surface area (Å²) < 4.78 is 16.8. The molecule has 1 atom stereocenters. The van der Waals surface area contributed by atoms with Gasteiger partial charge in [0.25, 0.3) is 0 Å². The molecule has 0 fully saturated rings. The quantitative estimate of drug-likeness (QED) is 0.0262. The van der Waals surface area contributed by atoms with E-state index in [1.807, 2.05) is 0 Å². The molecule has 0 amide bonds. The molecule has 0 rings (SSSR count). The van der Waals surface area contributed by atoms with E-state index in [1.165, 1.54) is 167 Å². The topological polar surface area (TPSA) is 78.9 Å². The Labute approximate surface area is 421 Å². The fraction of sp³-hybridized carbons (Fsp3) is 0.790. The van der Waals surface area contributed by atoms with Gasteiger partial charge in [0.15, 0.2) is 6.10 Å². The molecule has 0 N–H and O–H groups in total. The van der Waals surface area contributed by atoms with Crippen LogP contribution in [0.4, 0.5) is 0 Å². The van der Waals surface area contributed by atoms with Crippen molar-refractivity contribution in [2.24, 2.45) is 0 Å². The molecule has 0 aliphatic carbocycles. The van der Waals surface area contributed by atoms with Crippen LogP contribution in [0.1, 0.15) is 297 Å². The molecule has 6 heteroatoms. The molecule has 0 heterocycles. The third kappa shape index (κ3) is 54.1. The first-order chi connectivity index (χ1) is 33.5. The van der Waals surface area contributed by atoms with Gasteiger partial charge in [0.1, 0.15) is 13.2 Å². The number of carbonyl (C=O) groups excluding carboxylic acids is 3. The fourth-order valence-electron chi connectivity index (χ4n) is 8.38. The van der Waals surface area contributed by atoms with Crippen molar-refractivity contribution < 1.29 is 28.6 Å². The van der Waals surface area contributed by atoms with Crippen LogP contribution in [0, 0.1) is 0 Å². The molecule has 0 aromatic rings. The Kier molecular flexibility index (Phi) is 54.3. The molecule has 394 valence electrons. The lowest BCUT2D eigenvalue weighted by atomic mass is 10.0. The van der Waals surface area contributed by atoms with Crippen LogP contribution >= 0.6 is 0 Å². The van der Waals surface area contributed by atoms with Gasteiger partial charge in [0.2, 0.25) is 0 Å². The summed E-state index contributed by atoms with van der Waals surface area (Å²) in [4.78, 5) is 38.2. The van der Waals surface area contributed by atoms with Crippen molar-refractivity contribution in [2.45, 2.75) is 303 Å². The smallest absolute Gasteiger partial charge is 0.306 e. The summed E-state index contributed by atoms with van der Waals surface area (Å²) in [6.07, 6.45) is 70.6. The highest BCUT2D eigenvalue weighted by Gasteiger charge is 2.19. The van der Waals surface area contributed by atoms with Crippen LogP contribution in [0.2, 0.25) is 0 Å². The van der Waals surface area contributed by atoms with E-state index < -0.39 is 6.10 Å². The van der Waals surface area contributed by atoms with Crippen molar-refractivity contribution in [2.75, 3.05) is 13.2 Å². The maximum Gasteiger partial charge on any atom is 0.306 e. The van der Waals surface area contributed by atoms with Crippen molar-refractivity contribution in [3.63, 3.8) is 0 Å². The molecular weight excluding hydrogens is 841 g/mol. The standard InChI is InChI=1S/C62H110O6/c1-4-7-10-13-16-19-22-25-28-31-32-35-37-40-43-46-49-52-55-61(64)67-58-59(68-62(65)56-53-50-47-44-41-38-34-30-27-24-21-18-15-12-9-6-3)57-66-60(63)54-51-48-45-42-39-36-33-29-26-23-20-17-14-11-8-5-2/h22,25,28,30-32,34-35,38,41,59H,4-21,23-24,26-27,29,33,36-37,39-40,42-58H2,1-3H3/b25-22-,31-28-,34-30-,35-32-,41-38-. The summed E-state index contributed by atoms with van der Waals surface area (Å²) in [6.45, 7) is 6.61. The second-order valence-electron chi connectivity index (χ2n) is 19.6. The zero-order valence-corrected chi connectivity index (χ0v) is 45.1. The number of hydrogen-bond acceptors (Lipinski definition) is 6. The molecular formula is C62H110O6. The van der Waals surface area contributed by atoms with Crippen LogP contribution in [0.15, 0.2) is 60.8 Å². The number of hydrogen-bond donors (Lipinski definition) is 0. The number of carbonyl (C=O) groups is 3. The average molecular weight is 952 g/mol. The first-order valence-electron chi connectivity index (χ1n) is 29.3. The Morgan fingerprint density at radius 2 is 0.529 bits per heavy atom. The summed E-state index contributed by atoms with van der Waals surface area (Å²) in [5.41, 5.74) is 0. The van der Waals surface area contributed by atoms with Crippen molar-refractivity contribution in [3.8, 4) is 0 Å². The van der Waals surface area contributed by atoms with E-state index in [9.17, 15) is 14.4 Å². The maximum absolute atomic E-state index is 12.8. The van der Waals surface area contributed by atoms with Crippen LogP contribution in [0.5, 0.6) is 0 Å². The van der Waals surface area contributed by atoms with Gasteiger partial charge >= 0.3 is 17.9 Å². The molecule has 0 saturated carbocycles. The highest BCUT2D eigenvalue weighted by atomic mass is 16.6. The van der Waals surface area contributed by atoms with Crippen LogP contribution in [0.3, 0.4) is 0 Å². The van der Waals surface area contributed by atoms with E-state index in [2.05, 4.69) is 81.5 Å². The van der Waals surface area contributed by atoms with Crippen LogP contribution in [-0.4, -0.2) is 37.2 Å². The monoisotopic (exact) mass is 951 g/mol. The predicted molar refractivity (Wildman–Crippen MR) is 293 cm³/mol. The summed E-state index contributed by atoms with van der Waals surface area (Å²) in [7, 11) is 0. The minimum Gasteiger partial charge on any atom is -0.462 e. The average Bonchev–Trinajstić information content (AvgIpc) is 3.34. The Bertz CT molecular complexity index is 1230. The van der Waals surface area contributed by atoms with Gasteiger partial charge in [-0.05, 0) is 70.6 Å². The maximum atomic E-state index is 12.8. The van der Waals surface area contributed by atoms with Crippen LogP contribution < -0.4 is 0 Å². The van der Waals surface area contributed by atoms with Gasteiger partial charge < -0.3 is 14.2 Å². The highest BCUT2D eigenvalue weighted by Crippen LogP contribution is 2.16. The molecule has 0 radical (unpaired) electrons. The molecule has 0 bridgehead atoms. The van der Waals surface area contributed by atoms with Gasteiger partial charge in [-0.3, -0.25) is 14.4 Å². The molecule has 0 aliphatic heterocycles. The molecule has 6 nitrogen and oxygen atoms in total. The largest absolute Gasteiger partial charge is 0.462 e. The van der Waals surface area contributed by atoms with Crippen molar-refractivity contribution in [1.82, 2.24) is 0 Å². The van der Waals surface area contributed by atoms with E-state index in [0.717, 1.165) is 89.9 Å². The normalized spacial score (nSPS) is 12.5. The Balaban J connectivity index is 4.44. The van der Waals surface area contributed by atoms with Crippen molar-refractivity contribution in [3.05, 3.63) is 60.8 Å². The highest BCUT2D eigenvalue weighted by molar-refractivity contribution is 5.71. The van der Waals surface area contributed by atoms with Gasteiger partial charge in [0, 0.05) is 19.3 Å². The van der Waals surface area contributed by atoms with Gasteiger partial charge in [-0.15, -0.1) is 0 Å². The number of rotatable bonds is 53. The first-order valence-corrected chi connectivity index (χ1v) is 29.3. The third-order valence-corrected chi connectivity index (χ3v) is 12.8. The van der Waals surface area contributed by atoms with Crippen LogP contribution in [0.25, 0.3) is 0 Å². The molecule has 0 spiro atoms. The summed E-state index contributed by atoms with van der Waals surface area (Å²) >= 11 is 0. The van der Waals surface area contributed by atoms with E-state index >= 15 is 0 Å². The Morgan fingerprint density at radius 1 is 0.294 bits per heavy atom. The van der Waals surface area contributed by atoms with Crippen molar-refractivity contribution in [1.29, 1.82) is 0 Å². The van der Waals surface area contributed by atoms with Crippen molar-refractivity contribution >= 4 is 17.9 Å². The first kappa shape index (κ1) is 65.1. The number of ether oxygens (including phenoxy) is 3. The second kappa shape index (κ2) is 56.7. The predicted octanol–water partition coefficient (Wildman–Crippen LogP) is 19.6.